The minimum Gasteiger partial charge on any atom is -0.755 e. The van der Waals surface area contributed by atoms with Crippen molar-refractivity contribution < 1.29 is 55.6 Å². The van der Waals surface area contributed by atoms with Crippen molar-refractivity contribution in [3.05, 3.63) is 75.5 Å². The third kappa shape index (κ3) is 13.2. The van der Waals surface area contributed by atoms with Crippen LogP contribution in [0.2, 0.25) is 10.0 Å². The molecule has 0 spiro atoms. The average molecular weight is 845 g/mol. The Bertz CT molecular complexity index is 1870. The maximum Gasteiger partial charge on any atom is 0.387 e. The number of aromatic nitrogens is 1. The molecule has 0 amide bonds. The summed E-state index contributed by atoms with van der Waals surface area (Å²) >= 11 is 10.5. The lowest BCUT2D eigenvalue weighted by atomic mass is 10.0. The van der Waals surface area contributed by atoms with Gasteiger partial charge in [-0.2, -0.15) is 8.78 Å². The molecule has 1 aromatic heterocycles. The minimum absolute atomic E-state index is 0.0301. The number of carbonyl (C=O) groups excluding carboxylic acids is 3. The fraction of sp³-hybridized carbons (Fsp3) is 0.459. The highest BCUT2D eigenvalue weighted by atomic mass is 35.5. The largest absolute Gasteiger partial charge is 0.755 e. The van der Waals surface area contributed by atoms with Crippen LogP contribution in [-0.4, -0.2) is 68.5 Å². The van der Waals surface area contributed by atoms with Crippen LogP contribution in [0, 0.1) is 11.8 Å². The number of rotatable bonds is 19. The van der Waals surface area contributed by atoms with Crippen LogP contribution < -0.4 is 18.5 Å². The van der Waals surface area contributed by atoms with Gasteiger partial charge in [0.25, 0.3) is 0 Å². The molecule has 12 nitrogen and oxygen atoms in total. The number of halogens is 4. The Labute approximate surface area is 333 Å². The van der Waals surface area contributed by atoms with Crippen molar-refractivity contribution in [1.29, 1.82) is 0 Å². The second-order valence-electron chi connectivity index (χ2n) is 14.0. The molecule has 0 aliphatic heterocycles. The van der Waals surface area contributed by atoms with E-state index in [9.17, 15) is 31.9 Å². The number of benzene rings is 2. The Hall–Kier alpha value is -3.70. The van der Waals surface area contributed by atoms with Crippen molar-refractivity contribution in [2.75, 3.05) is 29.8 Å². The van der Waals surface area contributed by atoms with Crippen molar-refractivity contribution in [3.8, 4) is 17.2 Å². The van der Waals surface area contributed by atoms with E-state index in [2.05, 4.69) is 9.72 Å². The summed E-state index contributed by atoms with van der Waals surface area (Å²) in [6, 6.07) is 8.25. The highest BCUT2D eigenvalue weighted by molar-refractivity contribution is 8.14. The van der Waals surface area contributed by atoms with Gasteiger partial charge in [0, 0.05) is 35.6 Å². The molecule has 2 aliphatic rings. The van der Waals surface area contributed by atoms with Gasteiger partial charge in [-0.1, -0.05) is 41.0 Å². The fourth-order valence-electron chi connectivity index (χ4n) is 5.13. The first-order chi connectivity index (χ1) is 26.1. The second kappa shape index (κ2) is 19.0. The molecule has 0 radical (unpaired) electrons. The van der Waals surface area contributed by atoms with E-state index in [4.69, 9.17) is 42.1 Å². The lowest BCUT2D eigenvalue weighted by molar-refractivity contribution is -0.152. The molecule has 0 N–H and O–H groups in total. The number of hydrogen-bond acceptors (Lipinski definition) is 12. The highest BCUT2D eigenvalue weighted by Crippen LogP contribution is 2.39. The number of hydrogen-bond donors (Lipinski definition) is 0. The van der Waals surface area contributed by atoms with Crippen LogP contribution >= 0.6 is 35.0 Å². The van der Waals surface area contributed by atoms with E-state index in [1.54, 1.807) is 20.8 Å². The summed E-state index contributed by atoms with van der Waals surface area (Å²) in [6.45, 7) is 1.79. The normalized spacial score (nSPS) is 15.2. The van der Waals surface area contributed by atoms with Crippen LogP contribution in [0.25, 0.3) is 0 Å². The molecule has 2 saturated carbocycles. The average Bonchev–Trinajstić information content (AvgIpc) is 4.05. The molecule has 55 heavy (non-hydrogen) atoms. The van der Waals surface area contributed by atoms with E-state index in [1.807, 2.05) is 0 Å². The lowest BCUT2D eigenvalue weighted by Gasteiger charge is -2.29. The molecule has 2 atom stereocenters. The summed E-state index contributed by atoms with van der Waals surface area (Å²) in [5.74, 6) is -1.56. The monoisotopic (exact) mass is 843 g/mol. The summed E-state index contributed by atoms with van der Waals surface area (Å²) in [7, 11) is 0. The first-order valence-corrected chi connectivity index (χ1v) is 20.0. The van der Waals surface area contributed by atoms with Crippen LogP contribution in [0.4, 0.5) is 14.5 Å². The van der Waals surface area contributed by atoms with Gasteiger partial charge in [0.1, 0.15) is 24.0 Å². The zero-order valence-corrected chi connectivity index (χ0v) is 33.2. The van der Waals surface area contributed by atoms with Gasteiger partial charge >= 0.3 is 18.6 Å². The molecule has 0 bridgehead atoms. The van der Waals surface area contributed by atoms with E-state index < -0.39 is 58.9 Å². The van der Waals surface area contributed by atoms with Gasteiger partial charge in [-0.15, -0.1) is 0 Å². The Morgan fingerprint density at radius 1 is 0.945 bits per heavy atom. The first-order valence-electron chi connectivity index (χ1n) is 17.3. The van der Waals surface area contributed by atoms with E-state index in [0.717, 1.165) is 30.0 Å². The van der Waals surface area contributed by atoms with Crippen molar-refractivity contribution in [2.45, 2.75) is 71.2 Å². The Kier molecular flexibility index (Phi) is 14.6. The van der Waals surface area contributed by atoms with Gasteiger partial charge < -0.3 is 28.2 Å². The molecule has 2 fully saturated rings. The summed E-state index contributed by atoms with van der Waals surface area (Å²) in [6.07, 6.45) is 5.42. The molecular formula is C37H39Cl2F2N2O10S2-. The van der Waals surface area contributed by atoms with Crippen molar-refractivity contribution in [1.82, 2.24) is 4.98 Å². The predicted octanol–water partition coefficient (Wildman–Crippen LogP) is 7.91. The highest BCUT2D eigenvalue weighted by Gasteiger charge is 2.28. The molecule has 1 heterocycles. The predicted molar refractivity (Wildman–Crippen MR) is 202 cm³/mol. The van der Waals surface area contributed by atoms with Gasteiger partial charge in [0.2, 0.25) is 5.12 Å². The quantitative estimate of drug-likeness (QED) is 0.0851. The Morgan fingerprint density at radius 2 is 1.58 bits per heavy atom. The van der Waals surface area contributed by atoms with Gasteiger partial charge in [-0.05, 0) is 99.7 Å². The van der Waals surface area contributed by atoms with Crippen LogP contribution in [-0.2, 0) is 36.8 Å². The van der Waals surface area contributed by atoms with Crippen LogP contribution in [0.15, 0.2) is 48.8 Å². The third-order valence-electron chi connectivity index (χ3n) is 8.17. The first kappa shape index (κ1) is 42.4. The van der Waals surface area contributed by atoms with Gasteiger partial charge in [0.05, 0.1) is 34.7 Å². The van der Waals surface area contributed by atoms with E-state index in [1.165, 1.54) is 48.8 Å². The molecule has 0 saturated heterocycles. The number of carbonyl (C=O) groups is 3. The Morgan fingerprint density at radius 3 is 2.16 bits per heavy atom. The molecule has 18 heteroatoms. The number of nitrogens with zero attached hydrogens (tertiary/aromatic N) is 2. The molecule has 3 aromatic rings. The molecule has 2 unspecified atom stereocenters. The zero-order chi connectivity index (χ0) is 39.9. The van der Waals surface area contributed by atoms with Crippen LogP contribution in [0.5, 0.6) is 17.2 Å². The van der Waals surface area contributed by atoms with Crippen LogP contribution in [0.3, 0.4) is 0 Å². The number of pyridine rings is 1. The molecule has 298 valence electrons. The number of ether oxygens (including phenoxy) is 5. The molecular weight excluding hydrogens is 805 g/mol. The van der Waals surface area contributed by atoms with Gasteiger partial charge in [-0.25, -0.2) is 0 Å². The maximum atomic E-state index is 13.4. The topological polar surface area (TPSA) is 154 Å². The number of anilines is 1. The summed E-state index contributed by atoms with van der Waals surface area (Å²) in [5, 5.41) is -0.146. The number of thioether (sulfide) groups is 1. The molecule has 2 aromatic carbocycles. The van der Waals surface area contributed by atoms with Gasteiger partial charge in [0.15, 0.2) is 11.5 Å². The maximum absolute atomic E-state index is 13.4. The summed E-state index contributed by atoms with van der Waals surface area (Å²) in [5.41, 5.74) is 0.0464. The summed E-state index contributed by atoms with van der Waals surface area (Å²) < 4.78 is 79.3. The van der Waals surface area contributed by atoms with Gasteiger partial charge in [-0.3, -0.25) is 27.9 Å². The number of esters is 2. The lowest BCUT2D eigenvalue weighted by Crippen LogP contribution is -2.36. The van der Waals surface area contributed by atoms with Crippen molar-refractivity contribution in [3.63, 3.8) is 0 Å². The molecule has 2 aliphatic carbocycles. The minimum atomic E-state index is -3.10. The molecule has 5 rings (SSSR count). The van der Waals surface area contributed by atoms with Crippen LogP contribution in [0.1, 0.15) is 74.0 Å². The Balaban J connectivity index is 1.33. The zero-order valence-electron chi connectivity index (χ0n) is 30.1. The van der Waals surface area contributed by atoms with E-state index >= 15 is 0 Å². The third-order valence-corrected chi connectivity index (χ3v) is 10.4. The van der Waals surface area contributed by atoms with Crippen molar-refractivity contribution in [2.24, 2.45) is 11.8 Å². The smallest absolute Gasteiger partial charge is 0.387 e. The fourth-order valence-corrected chi connectivity index (χ4v) is 6.79. The van der Waals surface area contributed by atoms with E-state index in [-0.39, 0.29) is 57.5 Å². The van der Waals surface area contributed by atoms with Crippen molar-refractivity contribution >= 4 is 69.0 Å². The SMILES string of the molecule is CC(C)(C)OC(=O)CN(c1ccc(C(=O)SCC(=O)OC(Cc2c(Cl)cncc2Cl)c2ccc(OC(F)F)c(OCC3CC3)c2)cc1OCC1CC1)S(=O)[O-]. The summed E-state index contributed by atoms with van der Waals surface area (Å²) in [4.78, 5) is 43.2. The number of alkyl halides is 2. The van der Waals surface area contributed by atoms with E-state index in [0.29, 0.717) is 35.4 Å². The standard InChI is InChI=1S/C37H40Cl2F2N2O10S2/c1-37(2,3)53-33(44)17-43(55(47)48)28-10-8-24(13-31(28)49-18-21-4-5-21)35(46)54-20-34(45)51-30(14-25-26(38)15-42-16-27(25)39)23-9-11-29(52-36(40)41)32(12-23)50-19-22-6-7-22/h8-13,15-16,21-22,30,36H,4-7,14,17-20H2,1-3H3,(H,47,48)/p-1. The second-order valence-corrected chi connectivity index (χ2v) is 16.6.